The summed E-state index contributed by atoms with van der Waals surface area (Å²) in [5.41, 5.74) is 3.26. The molecule has 1 aromatic rings. The first-order valence-electron chi connectivity index (χ1n) is 5.21. The van der Waals surface area contributed by atoms with Crippen molar-refractivity contribution in [1.29, 1.82) is 0 Å². The predicted molar refractivity (Wildman–Crippen MR) is 62.3 cm³/mol. The van der Waals surface area contributed by atoms with Crippen molar-refractivity contribution in [2.45, 2.75) is 6.18 Å². The third-order valence-corrected chi connectivity index (χ3v) is 2.34. The summed E-state index contributed by atoms with van der Waals surface area (Å²) in [6, 6.07) is 3.02. The highest BCUT2D eigenvalue weighted by Crippen LogP contribution is 2.34. The number of para-hydroxylation sites is 1. The van der Waals surface area contributed by atoms with Crippen LogP contribution in [-0.4, -0.2) is 25.4 Å². The Bertz CT molecular complexity index is 500. The molecule has 0 aromatic heterocycles. The van der Waals surface area contributed by atoms with E-state index in [1.807, 2.05) is 0 Å². The number of benzene rings is 1. The van der Waals surface area contributed by atoms with Crippen molar-refractivity contribution in [2.75, 3.05) is 19.3 Å². The SMILES string of the molecule is CNC(=O)CNC(=O)c1cccc(C(F)(F)F)c1N. The number of anilines is 1. The summed E-state index contributed by atoms with van der Waals surface area (Å²) >= 11 is 0. The van der Waals surface area contributed by atoms with Crippen molar-refractivity contribution in [2.24, 2.45) is 0 Å². The van der Waals surface area contributed by atoms with Crippen LogP contribution in [0.15, 0.2) is 18.2 Å². The summed E-state index contributed by atoms with van der Waals surface area (Å²) in [7, 11) is 1.37. The van der Waals surface area contributed by atoms with Gasteiger partial charge in [0.05, 0.1) is 23.4 Å². The van der Waals surface area contributed by atoms with Crippen LogP contribution in [0.25, 0.3) is 0 Å². The van der Waals surface area contributed by atoms with Gasteiger partial charge in [0, 0.05) is 7.05 Å². The van der Waals surface area contributed by atoms with Crippen molar-refractivity contribution in [3.63, 3.8) is 0 Å². The van der Waals surface area contributed by atoms with Crippen molar-refractivity contribution in [3.05, 3.63) is 29.3 Å². The smallest absolute Gasteiger partial charge is 0.398 e. The summed E-state index contributed by atoms with van der Waals surface area (Å²) in [6.45, 7) is -0.342. The molecule has 0 unspecified atom stereocenters. The van der Waals surface area contributed by atoms with E-state index in [0.717, 1.165) is 18.2 Å². The molecule has 2 amide bonds. The van der Waals surface area contributed by atoms with E-state index in [9.17, 15) is 22.8 Å². The highest BCUT2D eigenvalue weighted by atomic mass is 19.4. The number of amides is 2. The molecular weight excluding hydrogens is 263 g/mol. The summed E-state index contributed by atoms with van der Waals surface area (Å²) in [5.74, 6) is -1.31. The minimum absolute atomic E-state index is 0.321. The van der Waals surface area contributed by atoms with Gasteiger partial charge in [-0.3, -0.25) is 9.59 Å². The average Bonchev–Trinajstić information content (AvgIpc) is 2.34. The number of rotatable bonds is 3. The lowest BCUT2D eigenvalue weighted by Gasteiger charge is -2.13. The zero-order chi connectivity index (χ0) is 14.6. The molecule has 1 aromatic carbocycles. The molecule has 5 nitrogen and oxygen atoms in total. The van der Waals surface area contributed by atoms with Gasteiger partial charge < -0.3 is 16.4 Å². The van der Waals surface area contributed by atoms with Crippen LogP contribution in [-0.2, 0) is 11.0 Å². The molecule has 0 heterocycles. The summed E-state index contributed by atoms with van der Waals surface area (Å²) in [6.07, 6.45) is -4.64. The molecule has 4 N–H and O–H groups in total. The van der Waals surface area contributed by atoms with E-state index in [0.29, 0.717) is 0 Å². The van der Waals surface area contributed by atoms with Gasteiger partial charge in [-0.25, -0.2) is 0 Å². The average molecular weight is 275 g/mol. The topological polar surface area (TPSA) is 84.2 Å². The Kier molecular flexibility index (Phi) is 4.36. The van der Waals surface area contributed by atoms with Crippen LogP contribution >= 0.6 is 0 Å². The van der Waals surface area contributed by atoms with Gasteiger partial charge in [-0.15, -0.1) is 0 Å². The van der Waals surface area contributed by atoms with Gasteiger partial charge in [0.25, 0.3) is 5.91 Å². The summed E-state index contributed by atoms with van der Waals surface area (Å²) < 4.78 is 37.8. The summed E-state index contributed by atoms with van der Waals surface area (Å²) in [5, 5.41) is 4.43. The standard InChI is InChI=1S/C11H12F3N3O2/c1-16-8(18)5-17-10(19)6-3-2-4-7(9(6)15)11(12,13)14/h2-4H,5,15H2,1H3,(H,16,18)(H,17,19). The molecule has 0 aliphatic carbocycles. The van der Waals surface area contributed by atoms with Gasteiger partial charge in [0.1, 0.15) is 0 Å². The van der Waals surface area contributed by atoms with Crippen LogP contribution in [0.5, 0.6) is 0 Å². The number of hydrogen-bond donors (Lipinski definition) is 3. The number of halogens is 3. The normalized spacial score (nSPS) is 10.9. The Labute approximate surface area is 107 Å². The van der Waals surface area contributed by atoms with Crippen molar-refractivity contribution in [3.8, 4) is 0 Å². The van der Waals surface area contributed by atoms with E-state index in [-0.39, 0.29) is 12.1 Å². The van der Waals surface area contributed by atoms with Gasteiger partial charge in [-0.2, -0.15) is 13.2 Å². The predicted octanol–water partition coefficient (Wildman–Crippen LogP) is 0.763. The molecule has 0 aliphatic heterocycles. The minimum atomic E-state index is -4.64. The lowest BCUT2D eigenvalue weighted by atomic mass is 10.1. The Morgan fingerprint density at radius 2 is 1.95 bits per heavy atom. The molecule has 0 spiro atoms. The van der Waals surface area contributed by atoms with Crippen LogP contribution in [0, 0.1) is 0 Å². The Hall–Kier alpha value is -2.25. The van der Waals surface area contributed by atoms with E-state index in [4.69, 9.17) is 5.73 Å². The molecule has 104 valence electrons. The van der Waals surface area contributed by atoms with Crippen molar-refractivity contribution >= 4 is 17.5 Å². The number of nitrogens with two attached hydrogens (primary N) is 1. The van der Waals surface area contributed by atoms with Crippen LogP contribution in [0.1, 0.15) is 15.9 Å². The van der Waals surface area contributed by atoms with E-state index in [1.54, 1.807) is 0 Å². The molecule has 1 rings (SSSR count). The van der Waals surface area contributed by atoms with E-state index < -0.39 is 29.2 Å². The first-order chi connectivity index (χ1) is 8.77. The lowest BCUT2D eigenvalue weighted by molar-refractivity contribution is -0.137. The fourth-order valence-electron chi connectivity index (χ4n) is 1.35. The largest absolute Gasteiger partial charge is 0.418 e. The molecule has 0 atom stereocenters. The van der Waals surface area contributed by atoms with Crippen LogP contribution < -0.4 is 16.4 Å². The molecule has 8 heteroatoms. The van der Waals surface area contributed by atoms with Crippen LogP contribution in [0.2, 0.25) is 0 Å². The number of carbonyl (C=O) groups is 2. The molecule has 0 fully saturated rings. The molecule has 0 aliphatic rings. The number of nitrogen functional groups attached to an aromatic ring is 1. The second kappa shape index (κ2) is 5.59. The third-order valence-electron chi connectivity index (χ3n) is 2.34. The first-order valence-corrected chi connectivity index (χ1v) is 5.21. The quantitative estimate of drug-likeness (QED) is 0.712. The van der Waals surface area contributed by atoms with Gasteiger partial charge in [-0.05, 0) is 12.1 Å². The number of carbonyl (C=O) groups excluding carboxylic acids is 2. The van der Waals surface area contributed by atoms with E-state index in [2.05, 4.69) is 10.6 Å². The van der Waals surface area contributed by atoms with Gasteiger partial charge in [0.15, 0.2) is 0 Å². The van der Waals surface area contributed by atoms with Crippen molar-refractivity contribution in [1.82, 2.24) is 10.6 Å². The number of likely N-dealkylation sites (N-methyl/N-ethyl adjacent to an activating group) is 1. The van der Waals surface area contributed by atoms with Gasteiger partial charge >= 0.3 is 6.18 Å². The van der Waals surface area contributed by atoms with Crippen molar-refractivity contribution < 1.29 is 22.8 Å². The molecular formula is C11H12F3N3O2. The minimum Gasteiger partial charge on any atom is -0.398 e. The zero-order valence-corrected chi connectivity index (χ0v) is 9.97. The Balaban J connectivity index is 2.96. The fourth-order valence-corrected chi connectivity index (χ4v) is 1.35. The second-order valence-electron chi connectivity index (χ2n) is 3.62. The molecule has 0 saturated heterocycles. The number of nitrogens with one attached hydrogen (secondary N) is 2. The Morgan fingerprint density at radius 3 is 2.47 bits per heavy atom. The number of hydrogen-bond acceptors (Lipinski definition) is 3. The summed E-state index contributed by atoms with van der Waals surface area (Å²) in [4.78, 5) is 22.5. The molecule has 0 radical (unpaired) electrons. The fraction of sp³-hybridized carbons (Fsp3) is 0.273. The maximum atomic E-state index is 12.6. The van der Waals surface area contributed by atoms with Crippen LogP contribution in [0.4, 0.5) is 18.9 Å². The third kappa shape index (κ3) is 3.60. The van der Waals surface area contributed by atoms with Gasteiger partial charge in [-0.1, -0.05) is 6.07 Å². The zero-order valence-electron chi connectivity index (χ0n) is 9.97. The molecule has 0 bridgehead atoms. The van der Waals surface area contributed by atoms with Crippen LogP contribution in [0.3, 0.4) is 0 Å². The van der Waals surface area contributed by atoms with Gasteiger partial charge in [0.2, 0.25) is 5.91 Å². The van der Waals surface area contributed by atoms with E-state index in [1.165, 1.54) is 7.05 Å². The molecule has 19 heavy (non-hydrogen) atoms. The maximum Gasteiger partial charge on any atom is 0.418 e. The van der Waals surface area contributed by atoms with E-state index >= 15 is 0 Å². The number of alkyl halides is 3. The second-order valence-corrected chi connectivity index (χ2v) is 3.62. The monoisotopic (exact) mass is 275 g/mol. The Morgan fingerprint density at radius 1 is 1.32 bits per heavy atom. The highest BCUT2D eigenvalue weighted by molar-refractivity contribution is 6.01. The molecule has 0 saturated carbocycles. The first kappa shape index (κ1) is 14.8. The highest BCUT2D eigenvalue weighted by Gasteiger charge is 2.34. The lowest BCUT2D eigenvalue weighted by Crippen LogP contribution is -2.35. The maximum absolute atomic E-state index is 12.6.